The molecule has 0 spiro atoms. The van der Waals surface area contributed by atoms with Crippen LogP contribution in [0.15, 0.2) is 18.2 Å². The van der Waals surface area contributed by atoms with Crippen molar-refractivity contribution in [2.24, 2.45) is 0 Å². The van der Waals surface area contributed by atoms with Crippen LogP contribution in [0.3, 0.4) is 0 Å². The largest absolute Gasteiger partial charge is 0.313 e. The monoisotopic (exact) mass is 321 g/mol. The standard InChI is InChI=1S/C13H18BrClFN/c14-7-3-1-2-4-8-17-10-11-5-6-12(15)9-13(11)16/h5-6,9,17H,1-4,7-8,10H2. The van der Waals surface area contributed by atoms with Gasteiger partial charge >= 0.3 is 0 Å². The third kappa shape index (κ3) is 6.39. The number of hydrogen-bond acceptors (Lipinski definition) is 1. The molecule has 0 saturated carbocycles. The fourth-order valence-corrected chi connectivity index (χ4v) is 2.14. The highest BCUT2D eigenvalue weighted by molar-refractivity contribution is 9.09. The van der Waals surface area contributed by atoms with E-state index < -0.39 is 0 Å². The lowest BCUT2D eigenvalue weighted by molar-refractivity contribution is 0.568. The summed E-state index contributed by atoms with van der Waals surface area (Å²) in [6.45, 7) is 1.51. The number of nitrogens with one attached hydrogen (secondary N) is 1. The van der Waals surface area contributed by atoms with Gasteiger partial charge in [0.1, 0.15) is 5.82 Å². The lowest BCUT2D eigenvalue weighted by Crippen LogP contribution is -2.15. The van der Waals surface area contributed by atoms with Crippen molar-refractivity contribution in [1.82, 2.24) is 5.32 Å². The maximum Gasteiger partial charge on any atom is 0.129 e. The van der Waals surface area contributed by atoms with Crippen LogP contribution >= 0.6 is 27.5 Å². The third-order valence-corrected chi connectivity index (χ3v) is 3.36. The van der Waals surface area contributed by atoms with Crippen molar-refractivity contribution in [1.29, 1.82) is 0 Å². The summed E-state index contributed by atoms with van der Waals surface area (Å²) in [4.78, 5) is 0. The van der Waals surface area contributed by atoms with E-state index in [0.29, 0.717) is 17.1 Å². The number of halogens is 3. The van der Waals surface area contributed by atoms with Gasteiger partial charge in [-0.25, -0.2) is 4.39 Å². The van der Waals surface area contributed by atoms with Crippen LogP contribution in [0.2, 0.25) is 5.02 Å². The maximum absolute atomic E-state index is 13.4. The Morgan fingerprint density at radius 3 is 2.65 bits per heavy atom. The van der Waals surface area contributed by atoms with Gasteiger partial charge in [-0.15, -0.1) is 0 Å². The van der Waals surface area contributed by atoms with Crippen LogP contribution in [0.5, 0.6) is 0 Å². The van der Waals surface area contributed by atoms with E-state index in [9.17, 15) is 4.39 Å². The minimum Gasteiger partial charge on any atom is -0.313 e. The Balaban J connectivity index is 2.14. The summed E-state index contributed by atoms with van der Waals surface area (Å²) in [6, 6.07) is 4.81. The molecule has 0 bridgehead atoms. The summed E-state index contributed by atoms with van der Waals surface area (Å²) >= 11 is 9.09. The molecule has 1 rings (SSSR count). The smallest absolute Gasteiger partial charge is 0.129 e. The van der Waals surface area contributed by atoms with E-state index in [2.05, 4.69) is 21.2 Å². The molecule has 1 aromatic carbocycles. The summed E-state index contributed by atoms with van der Waals surface area (Å²) in [7, 11) is 0. The van der Waals surface area contributed by atoms with Crippen LogP contribution in [0, 0.1) is 5.82 Å². The van der Waals surface area contributed by atoms with Crippen molar-refractivity contribution in [2.45, 2.75) is 32.2 Å². The SMILES string of the molecule is Fc1cc(Cl)ccc1CNCCCCCCBr. The second-order valence-corrected chi connectivity index (χ2v) is 5.25. The Bertz CT molecular complexity index is 333. The summed E-state index contributed by atoms with van der Waals surface area (Å²) in [6.07, 6.45) is 4.85. The van der Waals surface area contributed by atoms with E-state index in [4.69, 9.17) is 11.6 Å². The van der Waals surface area contributed by atoms with Crippen LogP contribution in [-0.2, 0) is 6.54 Å². The Kier molecular flexibility index (Phi) is 7.82. The molecule has 0 saturated heterocycles. The summed E-state index contributed by atoms with van der Waals surface area (Å²) in [5, 5.41) is 4.77. The first-order valence-corrected chi connectivity index (χ1v) is 7.44. The first kappa shape index (κ1) is 14.9. The van der Waals surface area contributed by atoms with E-state index in [-0.39, 0.29) is 5.82 Å². The van der Waals surface area contributed by atoms with Gasteiger partial charge in [0.15, 0.2) is 0 Å². The zero-order chi connectivity index (χ0) is 12.5. The molecule has 0 unspecified atom stereocenters. The molecule has 0 aliphatic rings. The zero-order valence-electron chi connectivity index (χ0n) is 9.82. The normalized spacial score (nSPS) is 10.8. The summed E-state index contributed by atoms with van der Waals surface area (Å²) in [5.74, 6) is -0.232. The van der Waals surface area contributed by atoms with Crippen LogP contribution in [0.1, 0.15) is 31.2 Å². The van der Waals surface area contributed by atoms with Crippen molar-refractivity contribution in [3.05, 3.63) is 34.6 Å². The molecule has 0 amide bonds. The fourth-order valence-electron chi connectivity index (χ4n) is 1.59. The highest BCUT2D eigenvalue weighted by Crippen LogP contribution is 2.14. The molecule has 1 N–H and O–H groups in total. The highest BCUT2D eigenvalue weighted by atomic mass is 79.9. The Hall–Kier alpha value is -0.120. The predicted octanol–water partition coefficient (Wildman–Crippen LogP) is 4.52. The van der Waals surface area contributed by atoms with Crippen LogP contribution in [-0.4, -0.2) is 11.9 Å². The molecule has 0 radical (unpaired) electrons. The molecule has 0 aliphatic heterocycles. The van der Waals surface area contributed by atoms with Crippen molar-refractivity contribution < 1.29 is 4.39 Å². The Morgan fingerprint density at radius 1 is 1.18 bits per heavy atom. The van der Waals surface area contributed by atoms with E-state index in [1.54, 1.807) is 12.1 Å². The molecule has 1 nitrogen and oxygen atoms in total. The van der Waals surface area contributed by atoms with Crippen LogP contribution < -0.4 is 5.32 Å². The molecule has 1 aromatic rings. The molecular formula is C13H18BrClFN. The minimum absolute atomic E-state index is 0.232. The van der Waals surface area contributed by atoms with Gasteiger partial charge in [-0.1, -0.05) is 46.4 Å². The van der Waals surface area contributed by atoms with Crippen LogP contribution in [0.25, 0.3) is 0 Å². The van der Waals surface area contributed by atoms with Gasteiger partial charge in [0, 0.05) is 22.5 Å². The molecule has 0 atom stereocenters. The molecule has 0 fully saturated rings. The lowest BCUT2D eigenvalue weighted by atomic mass is 10.2. The van der Waals surface area contributed by atoms with Crippen molar-refractivity contribution >= 4 is 27.5 Å². The highest BCUT2D eigenvalue weighted by Gasteiger charge is 2.01. The first-order valence-electron chi connectivity index (χ1n) is 5.94. The van der Waals surface area contributed by atoms with Crippen molar-refractivity contribution in [3.63, 3.8) is 0 Å². The first-order chi connectivity index (χ1) is 8.24. The average Bonchev–Trinajstić information content (AvgIpc) is 2.30. The second-order valence-electron chi connectivity index (χ2n) is 4.02. The van der Waals surface area contributed by atoms with Gasteiger partial charge in [0.25, 0.3) is 0 Å². The quantitative estimate of drug-likeness (QED) is 0.548. The predicted molar refractivity (Wildman–Crippen MR) is 75.4 cm³/mol. The second kappa shape index (κ2) is 8.90. The van der Waals surface area contributed by atoms with Crippen molar-refractivity contribution in [2.75, 3.05) is 11.9 Å². The van der Waals surface area contributed by atoms with Crippen molar-refractivity contribution in [3.8, 4) is 0 Å². The van der Waals surface area contributed by atoms with Gasteiger partial charge in [0.05, 0.1) is 0 Å². The summed E-state index contributed by atoms with van der Waals surface area (Å²) in [5.41, 5.74) is 0.676. The number of hydrogen-bond donors (Lipinski definition) is 1. The third-order valence-electron chi connectivity index (χ3n) is 2.57. The lowest BCUT2D eigenvalue weighted by Gasteiger charge is -2.06. The van der Waals surface area contributed by atoms with Gasteiger partial charge < -0.3 is 5.32 Å². The Morgan fingerprint density at radius 2 is 1.94 bits per heavy atom. The van der Waals surface area contributed by atoms with Gasteiger partial charge in [-0.2, -0.15) is 0 Å². The van der Waals surface area contributed by atoms with Gasteiger partial charge in [-0.3, -0.25) is 0 Å². The number of unbranched alkanes of at least 4 members (excludes halogenated alkanes) is 3. The molecular weight excluding hydrogens is 305 g/mol. The summed E-state index contributed by atoms with van der Waals surface area (Å²) < 4.78 is 13.4. The number of alkyl halides is 1. The van der Waals surface area contributed by atoms with E-state index in [1.807, 2.05) is 0 Å². The zero-order valence-corrected chi connectivity index (χ0v) is 12.2. The van der Waals surface area contributed by atoms with E-state index in [0.717, 1.165) is 18.3 Å². The number of benzene rings is 1. The molecule has 4 heteroatoms. The van der Waals surface area contributed by atoms with Gasteiger partial charge in [0.2, 0.25) is 0 Å². The average molecular weight is 323 g/mol. The van der Waals surface area contributed by atoms with Gasteiger partial charge in [-0.05, 0) is 31.5 Å². The topological polar surface area (TPSA) is 12.0 Å². The molecule has 0 aliphatic carbocycles. The molecule has 0 aromatic heterocycles. The minimum atomic E-state index is -0.232. The molecule has 96 valence electrons. The molecule has 17 heavy (non-hydrogen) atoms. The van der Waals surface area contributed by atoms with E-state index in [1.165, 1.54) is 25.3 Å². The Labute approximate surface area is 116 Å². The van der Waals surface area contributed by atoms with E-state index >= 15 is 0 Å². The van der Waals surface area contributed by atoms with Crippen LogP contribution in [0.4, 0.5) is 4.39 Å². The fraction of sp³-hybridized carbons (Fsp3) is 0.538. The number of rotatable bonds is 8. The molecule has 0 heterocycles. The maximum atomic E-state index is 13.4.